The maximum Gasteiger partial charge on any atom is 0.253 e. The summed E-state index contributed by atoms with van der Waals surface area (Å²) in [7, 11) is 6.13. The minimum absolute atomic E-state index is 0.113. The van der Waals surface area contributed by atoms with Crippen LogP contribution < -0.4 is 0 Å². The monoisotopic (exact) mass is 397 g/mol. The SMILES string of the molecule is Cc1nc2ccc(C(=O)N3CCCC(c4cc(CN(C)C)n(C)n4)C3)cc2s1. The number of benzene rings is 1. The van der Waals surface area contributed by atoms with Gasteiger partial charge < -0.3 is 9.80 Å². The molecule has 148 valence electrons. The minimum atomic E-state index is 0.113. The predicted octanol–water partition coefficient (Wildman–Crippen LogP) is 3.42. The van der Waals surface area contributed by atoms with Gasteiger partial charge in [-0.05, 0) is 58.1 Å². The molecule has 0 radical (unpaired) electrons. The van der Waals surface area contributed by atoms with Crippen molar-refractivity contribution in [1.82, 2.24) is 24.6 Å². The van der Waals surface area contributed by atoms with E-state index in [2.05, 4.69) is 30.0 Å². The van der Waals surface area contributed by atoms with Crippen LogP contribution in [-0.2, 0) is 13.6 Å². The molecule has 1 aromatic carbocycles. The average molecular weight is 398 g/mol. The van der Waals surface area contributed by atoms with Crippen molar-refractivity contribution in [1.29, 1.82) is 0 Å². The summed E-state index contributed by atoms with van der Waals surface area (Å²) in [6.07, 6.45) is 2.09. The zero-order valence-electron chi connectivity index (χ0n) is 17.0. The number of fused-ring (bicyclic) bond motifs is 1. The normalized spacial score (nSPS) is 17.6. The van der Waals surface area contributed by atoms with Crippen LogP contribution in [0.2, 0.25) is 0 Å². The lowest BCUT2D eigenvalue weighted by molar-refractivity contribution is 0.0706. The quantitative estimate of drug-likeness (QED) is 0.677. The first-order valence-electron chi connectivity index (χ1n) is 9.74. The van der Waals surface area contributed by atoms with Crippen LogP contribution in [0.4, 0.5) is 0 Å². The van der Waals surface area contributed by atoms with E-state index in [4.69, 9.17) is 5.10 Å². The Morgan fingerprint density at radius 2 is 2.14 bits per heavy atom. The van der Waals surface area contributed by atoms with E-state index in [9.17, 15) is 4.79 Å². The molecule has 0 bridgehead atoms. The van der Waals surface area contributed by atoms with Crippen molar-refractivity contribution in [2.24, 2.45) is 7.05 Å². The molecule has 1 fully saturated rings. The standard InChI is InChI=1S/C21H27N5OS/c1-14-22-18-8-7-15(10-20(18)28-14)21(27)26-9-5-6-16(12-26)19-11-17(13-24(2)3)25(4)23-19/h7-8,10-11,16H,5-6,9,12-13H2,1-4H3. The largest absolute Gasteiger partial charge is 0.338 e. The third-order valence-corrected chi connectivity index (χ3v) is 6.28. The van der Waals surface area contributed by atoms with Gasteiger partial charge in [0.25, 0.3) is 5.91 Å². The Hall–Kier alpha value is -2.25. The fourth-order valence-corrected chi connectivity index (χ4v) is 4.83. The Balaban J connectivity index is 1.52. The molecule has 0 N–H and O–H groups in total. The van der Waals surface area contributed by atoms with Crippen LogP contribution in [0.5, 0.6) is 0 Å². The van der Waals surface area contributed by atoms with Gasteiger partial charge in [0.2, 0.25) is 0 Å². The van der Waals surface area contributed by atoms with Gasteiger partial charge in [-0.2, -0.15) is 5.10 Å². The molecule has 0 saturated carbocycles. The van der Waals surface area contributed by atoms with E-state index < -0.39 is 0 Å². The van der Waals surface area contributed by atoms with Crippen molar-refractivity contribution < 1.29 is 4.79 Å². The molecule has 28 heavy (non-hydrogen) atoms. The number of nitrogens with zero attached hydrogens (tertiary/aromatic N) is 5. The van der Waals surface area contributed by atoms with E-state index >= 15 is 0 Å². The van der Waals surface area contributed by atoms with Crippen molar-refractivity contribution in [3.05, 3.63) is 46.2 Å². The Kier molecular flexibility index (Phi) is 5.21. The van der Waals surface area contributed by atoms with E-state index in [1.165, 1.54) is 5.69 Å². The Morgan fingerprint density at radius 1 is 1.32 bits per heavy atom. The summed E-state index contributed by atoms with van der Waals surface area (Å²) in [5.74, 6) is 0.413. The summed E-state index contributed by atoms with van der Waals surface area (Å²) >= 11 is 1.64. The van der Waals surface area contributed by atoms with Crippen LogP contribution in [0.3, 0.4) is 0 Å². The Labute approximate surface area is 169 Å². The van der Waals surface area contributed by atoms with Crippen LogP contribution >= 0.6 is 11.3 Å². The van der Waals surface area contributed by atoms with Crippen molar-refractivity contribution in [3.8, 4) is 0 Å². The zero-order valence-corrected chi connectivity index (χ0v) is 17.8. The van der Waals surface area contributed by atoms with Crippen LogP contribution in [0.15, 0.2) is 24.3 Å². The lowest BCUT2D eigenvalue weighted by Gasteiger charge is -2.32. The summed E-state index contributed by atoms with van der Waals surface area (Å²) in [5.41, 5.74) is 4.03. The molecule has 4 rings (SSSR count). The number of aromatic nitrogens is 3. The lowest BCUT2D eigenvalue weighted by atomic mass is 9.94. The van der Waals surface area contributed by atoms with Gasteiger partial charge in [-0.3, -0.25) is 9.48 Å². The fourth-order valence-electron chi connectivity index (χ4n) is 3.96. The number of thiazole rings is 1. The molecule has 2 aromatic heterocycles. The number of likely N-dealkylation sites (tertiary alicyclic amines) is 1. The molecule has 0 aliphatic carbocycles. The van der Waals surface area contributed by atoms with Crippen LogP contribution in [-0.4, -0.2) is 57.7 Å². The fraction of sp³-hybridized carbons (Fsp3) is 0.476. The van der Waals surface area contributed by atoms with Crippen molar-refractivity contribution in [2.45, 2.75) is 32.2 Å². The smallest absolute Gasteiger partial charge is 0.253 e. The first-order chi connectivity index (χ1) is 13.4. The molecular weight excluding hydrogens is 370 g/mol. The number of carbonyl (C=O) groups excluding carboxylic acids is 1. The summed E-state index contributed by atoms with van der Waals surface area (Å²) in [4.78, 5) is 21.7. The van der Waals surface area contributed by atoms with Gasteiger partial charge in [-0.15, -0.1) is 11.3 Å². The van der Waals surface area contributed by atoms with Crippen LogP contribution in [0.25, 0.3) is 10.2 Å². The van der Waals surface area contributed by atoms with E-state index in [-0.39, 0.29) is 5.91 Å². The lowest BCUT2D eigenvalue weighted by Crippen LogP contribution is -2.39. The Morgan fingerprint density at radius 3 is 2.93 bits per heavy atom. The van der Waals surface area contributed by atoms with Gasteiger partial charge in [-0.25, -0.2) is 4.98 Å². The topological polar surface area (TPSA) is 54.3 Å². The number of piperidine rings is 1. The molecule has 1 amide bonds. The Bertz CT molecular complexity index is 1010. The maximum atomic E-state index is 13.1. The average Bonchev–Trinajstić information content (AvgIpc) is 3.21. The van der Waals surface area contributed by atoms with Crippen LogP contribution in [0, 0.1) is 6.92 Å². The predicted molar refractivity (Wildman–Crippen MR) is 113 cm³/mol. The van der Waals surface area contributed by atoms with Crippen molar-refractivity contribution in [3.63, 3.8) is 0 Å². The van der Waals surface area contributed by atoms with E-state index in [0.29, 0.717) is 5.92 Å². The van der Waals surface area contributed by atoms with E-state index in [1.54, 1.807) is 11.3 Å². The van der Waals surface area contributed by atoms with E-state index in [0.717, 1.165) is 59.0 Å². The highest BCUT2D eigenvalue weighted by atomic mass is 32.1. The molecule has 3 heterocycles. The van der Waals surface area contributed by atoms with Crippen molar-refractivity contribution in [2.75, 3.05) is 27.2 Å². The first-order valence-corrected chi connectivity index (χ1v) is 10.6. The van der Waals surface area contributed by atoms with E-state index in [1.807, 2.05) is 41.8 Å². The first kappa shape index (κ1) is 19.1. The van der Waals surface area contributed by atoms with Gasteiger partial charge in [0.05, 0.1) is 26.6 Å². The number of hydrogen-bond acceptors (Lipinski definition) is 5. The van der Waals surface area contributed by atoms with Crippen molar-refractivity contribution >= 4 is 27.5 Å². The second-order valence-electron chi connectivity index (χ2n) is 7.93. The highest BCUT2D eigenvalue weighted by Gasteiger charge is 2.27. The number of aryl methyl sites for hydroxylation is 2. The summed E-state index contributed by atoms with van der Waals surface area (Å²) < 4.78 is 3.05. The van der Waals surface area contributed by atoms with Crippen LogP contribution in [0.1, 0.15) is 45.5 Å². The molecule has 1 unspecified atom stereocenters. The van der Waals surface area contributed by atoms with Gasteiger partial charge >= 0.3 is 0 Å². The minimum Gasteiger partial charge on any atom is -0.338 e. The van der Waals surface area contributed by atoms with Gasteiger partial charge in [0.1, 0.15) is 0 Å². The zero-order chi connectivity index (χ0) is 19.8. The van der Waals surface area contributed by atoms with Gasteiger partial charge in [0, 0.05) is 38.2 Å². The summed E-state index contributed by atoms with van der Waals surface area (Å²) in [6.45, 7) is 4.41. The third-order valence-electron chi connectivity index (χ3n) is 5.34. The summed E-state index contributed by atoms with van der Waals surface area (Å²) in [5, 5.41) is 5.77. The molecule has 7 heteroatoms. The number of hydrogen-bond donors (Lipinski definition) is 0. The maximum absolute atomic E-state index is 13.1. The summed E-state index contributed by atoms with van der Waals surface area (Å²) in [6, 6.07) is 8.05. The molecular formula is C21H27N5OS. The highest BCUT2D eigenvalue weighted by Crippen LogP contribution is 2.29. The molecule has 3 aromatic rings. The third kappa shape index (κ3) is 3.82. The number of amides is 1. The number of carbonyl (C=O) groups is 1. The molecule has 1 aliphatic heterocycles. The molecule has 1 aliphatic rings. The van der Waals surface area contributed by atoms with Gasteiger partial charge in [0.15, 0.2) is 0 Å². The highest BCUT2D eigenvalue weighted by molar-refractivity contribution is 7.18. The van der Waals surface area contributed by atoms with Gasteiger partial charge in [-0.1, -0.05) is 0 Å². The molecule has 6 nitrogen and oxygen atoms in total. The number of rotatable bonds is 4. The second-order valence-corrected chi connectivity index (χ2v) is 9.16. The molecule has 1 atom stereocenters. The second kappa shape index (κ2) is 7.64. The molecule has 0 spiro atoms. The molecule has 1 saturated heterocycles.